The van der Waals surface area contributed by atoms with Gasteiger partial charge in [0.1, 0.15) is 0 Å². The molecular formula is C8H7Cl3O2. The third-order valence-corrected chi connectivity index (χ3v) is 2.00. The Morgan fingerprint density at radius 2 is 2.00 bits per heavy atom. The van der Waals surface area contributed by atoms with Gasteiger partial charge in [-0.2, -0.15) is 0 Å². The number of hydrogen-bond donors (Lipinski definition) is 0. The Morgan fingerprint density at radius 1 is 1.31 bits per heavy atom. The van der Waals surface area contributed by atoms with Gasteiger partial charge in [-0.05, 0) is 6.07 Å². The van der Waals surface area contributed by atoms with E-state index < -0.39 is 0 Å². The van der Waals surface area contributed by atoms with Gasteiger partial charge in [-0.25, -0.2) is 0 Å². The molecule has 0 radical (unpaired) electrons. The molecule has 0 saturated heterocycles. The van der Waals surface area contributed by atoms with Crippen LogP contribution in [0, 0.1) is 0 Å². The lowest BCUT2D eigenvalue weighted by molar-refractivity contribution is 0.341. The Hall–Kier alpha value is -0.310. The van der Waals surface area contributed by atoms with E-state index in [0.29, 0.717) is 21.5 Å². The number of methoxy groups -OCH3 is 1. The smallest absolute Gasteiger partial charge is 0.179 e. The molecule has 0 aliphatic heterocycles. The normalized spacial score (nSPS) is 9.85. The molecule has 0 spiro atoms. The van der Waals surface area contributed by atoms with Crippen LogP contribution in [0.4, 0.5) is 0 Å². The van der Waals surface area contributed by atoms with E-state index in [1.165, 1.54) is 7.11 Å². The molecule has 1 aromatic rings. The molecule has 72 valence electrons. The van der Waals surface area contributed by atoms with Crippen LogP contribution in [-0.2, 0) is 0 Å². The van der Waals surface area contributed by atoms with E-state index in [1.807, 2.05) is 0 Å². The molecular weight excluding hydrogens is 234 g/mol. The van der Waals surface area contributed by atoms with Crippen molar-refractivity contribution in [2.75, 3.05) is 13.2 Å². The van der Waals surface area contributed by atoms with E-state index >= 15 is 0 Å². The summed E-state index contributed by atoms with van der Waals surface area (Å²) in [6.45, 7) is 0. The van der Waals surface area contributed by atoms with Crippen molar-refractivity contribution in [2.45, 2.75) is 0 Å². The summed E-state index contributed by atoms with van der Waals surface area (Å²) in [5.41, 5.74) is 0. The van der Waals surface area contributed by atoms with Gasteiger partial charge in [0.25, 0.3) is 0 Å². The molecule has 1 rings (SSSR count). The SMILES string of the molecule is COc1c(Cl)cc(Cl)cc1OCCl. The fourth-order valence-corrected chi connectivity index (χ4v) is 1.57. The molecule has 0 fully saturated rings. The summed E-state index contributed by atoms with van der Waals surface area (Å²) in [7, 11) is 1.50. The van der Waals surface area contributed by atoms with Crippen LogP contribution in [0.3, 0.4) is 0 Å². The summed E-state index contributed by atoms with van der Waals surface area (Å²) in [5, 5.41) is 0.876. The number of rotatable bonds is 3. The van der Waals surface area contributed by atoms with Crippen LogP contribution in [-0.4, -0.2) is 13.2 Å². The maximum absolute atomic E-state index is 5.84. The summed E-state index contributed by atoms with van der Waals surface area (Å²) < 4.78 is 10.1. The number of alkyl halides is 1. The van der Waals surface area contributed by atoms with Crippen LogP contribution in [0.25, 0.3) is 0 Å². The van der Waals surface area contributed by atoms with Gasteiger partial charge in [-0.1, -0.05) is 34.8 Å². The quantitative estimate of drug-likeness (QED) is 0.753. The van der Waals surface area contributed by atoms with Gasteiger partial charge in [-0.3, -0.25) is 0 Å². The van der Waals surface area contributed by atoms with Gasteiger partial charge in [-0.15, -0.1) is 0 Å². The lowest BCUT2D eigenvalue weighted by Gasteiger charge is -2.10. The standard InChI is InChI=1S/C8H7Cl3O2/c1-12-8-6(11)2-5(10)3-7(8)13-4-9/h2-3H,4H2,1H3. The minimum atomic E-state index is 0.0209. The molecule has 0 heterocycles. The highest BCUT2D eigenvalue weighted by molar-refractivity contribution is 6.35. The minimum absolute atomic E-state index is 0.0209. The topological polar surface area (TPSA) is 18.5 Å². The van der Waals surface area contributed by atoms with Crippen molar-refractivity contribution in [1.29, 1.82) is 0 Å². The molecule has 13 heavy (non-hydrogen) atoms. The van der Waals surface area contributed by atoms with Crippen molar-refractivity contribution in [1.82, 2.24) is 0 Å². The van der Waals surface area contributed by atoms with Crippen molar-refractivity contribution < 1.29 is 9.47 Å². The molecule has 0 unspecified atom stereocenters. The molecule has 5 heteroatoms. The Labute approximate surface area is 91.3 Å². The number of halogens is 3. The fraction of sp³-hybridized carbons (Fsp3) is 0.250. The Kier molecular flexibility index (Phi) is 3.97. The number of benzene rings is 1. The van der Waals surface area contributed by atoms with Crippen LogP contribution in [0.1, 0.15) is 0 Å². The second kappa shape index (κ2) is 4.80. The van der Waals surface area contributed by atoms with Gasteiger partial charge in [0.15, 0.2) is 17.6 Å². The molecule has 0 N–H and O–H groups in total. The maximum atomic E-state index is 5.84. The van der Waals surface area contributed by atoms with E-state index in [2.05, 4.69) is 0 Å². The van der Waals surface area contributed by atoms with E-state index in [4.69, 9.17) is 44.3 Å². The molecule has 0 saturated carbocycles. The summed E-state index contributed by atoms with van der Waals surface area (Å²) in [5.74, 6) is 0.877. The third kappa shape index (κ3) is 2.56. The van der Waals surface area contributed by atoms with Gasteiger partial charge in [0, 0.05) is 11.1 Å². The summed E-state index contributed by atoms with van der Waals surface area (Å²) in [4.78, 5) is 0. The first-order valence-corrected chi connectivity index (χ1v) is 4.70. The summed E-state index contributed by atoms with van der Waals surface area (Å²) in [6, 6.07) is 3.19. The molecule has 0 aromatic heterocycles. The first-order valence-electron chi connectivity index (χ1n) is 3.41. The average molecular weight is 242 g/mol. The van der Waals surface area contributed by atoms with Crippen LogP contribution in [0.5, 0.6) is 11.5 Å². The van der Waals surface area contributed by atoms with Crippen LogP contribution in [0.15, 0.2) is 12.1 Å². The maximum Gasteiger partial charge on any atom is 0.179 e. The van der Waals surface area contributed by atoms with E-state index in [-0.39, 0.29) is 6.07 Å². The lowest BCUT2D eigenvalue weighted by atomic mass is 10.3. The zero-order chi connectivity index (χ0) is 9.84. The third-order valence-electron chi connectivity index (χ3n) is 1.39. The average Bonchev–Trinajstić information content (AvgIpc) is 2.04. The van der Waals surface area contributed by atoms with E-state index in [0.717, 1.165) is 0 Å². The van der Waals surface area contributed by atoms with Crippen molar-refractivity contribution in [2.24, 2.45) is 0 Å². The molecule has 0 aliphatic carbocycles. The monoisotopic (exact) mass is 240 g/mol. The van der Waals surface area contributed by atoms with Crippen molar-refractivity contribution >= 4 is 34.8 Å². The summed E-state index contributed by atoms with van der Waals surface area (Å²) >= 11 is 17.0. The van der Waals surface area contributed by atoms with Gasteiger partial charge >= 0.3 is 0 Å². The molecule has 0 atom stereocenters. The fourth-order valence-electron chi connectivity index (χ4n) is 0.901. The number of hydrogen-bond acceptors (Lipinski definition) is 2. The molecule has 0 bridgehead atoms. The number of ether oxygens (including phenoxy) is 2. The molecule has 0 aliphatic rings. The van der Waals surface area contributed by atoms with Gasteiger partial charge in [0.2, 0.25) is 0 Å². The Bertz CT molecular complexity index is 302. The minimum Gasteiger partial charge on any atom is -0.491 e. The van der Waals surface area contributed by atoms with E-state index in [1.54, 1.807) is 12.1 Å². The van der Waals surface area contributed by atoms with Crippen LogP contribution in [0.2, 0.25) is 10.0 Å². The van der Waals surface area contributed by atoms with Crippen LogP contribution < -0.4 is 9.47 Å². The van der Waals surface area contributed by atoms with Crippen molar-refractivity contribution in [3.63, 3.8) is 0 Å². The largest absolute Gasteiger partial charge is 0.491 e. The zero-order valence-corrected chi connectivity index (χ0v) is 9.08. The second-order valence-corrected chi connectivity index (χ2v) is 3.23. The highest BCUT2D eigenvalue weighted by atomic mass is 35.5. The van der Waals surface area contributed by atoms with E-state index in [9.17, 15) is 0 Å². The zero-order valence-electron chi connectivity index (χ0n) is 6.81. The highest BCUT2D eigenvalue weighted by Crippen LogP contribution is 2.37. The highest BCUT2D eigenvalue weighted by Gasteiger charge is 2.10. The first-order chi connectivity index (χ1) is 6.19. The Balaban J connectivity index is 3.13. The lowest BCUT2D eigenvalue weighted by Crippen LogP contribution is -1.94. The molecule has 0 amide bonds. The molecule has 2 nitrogen and oxygen atoms in total. The van der Waals surface area contributed by atoms with Gasteiger partial charge in [0.05, 0.1) is 12.1 Å². The second-order valence-electron chi connectivity index (χ2n) is 2.17. The van der Waals surface area contributed by atoms with Gasteiger partial charge < -0.3 is 9.47 Å². The predicted molar refractivity (Wildman–Crippen MR) is 54.4 cm³/mol. The molecule has 1 aromatic carbocycles. The first kappa shape index (κ1) is 10.8. The van der Waals surface area contributed by atoms with Crippen molar-refractivity contribution in [3.05, 3.63) is 22.2 Å². The summed E-state index contributed by atoms with van der Waals surface area (Å²) in [6.07, 6.45) is 0. The Morgan fingerprint density at radius 3 is 2.54 bits per heavy atom. The van der Waals surface area contributed by atoms with Crippen molar-refractivity contribution in [3.8, 4) is 11.5 Å². The predicted octanol–water partition coefficient (Wildman–Crippen LogP) is 3.58. The van der Waals surface area contributed by atoms with Crippen LogP contribution >= 0.6 is 34.8 Å².